The molecular formula is C9H11BrO2. The molecule has 1 fully saturated rings. The zero-order valence-corrected chi connectivity index (χ0v) is 8.30. The van der Waals surface area contributed by atoms with Gasteiger partial charge in [-0.2, -0.15) is 0 Å². The second-order valence-electron chi connectivity index (χ2n) is 3.40. The molecule has 1 aliphatic rings. The molecule has 0 atom stereocenters. The van der Waals surface area contributed by atoms with Crippen LogP contribution in [0.25, 0.3) is 0 Å². The van der Waals surface area contributed by atoms with Crippen LogP contribution in [0.4, 0.5) is 0 Å². The quantitative estimate of drug-likeness (QED) is 0.848. The highest BCUT2D eigenvalue weighted by Crippen LogP contribution is 2.44. The van der Waals surface area contributed by atoms with Gasteiger partial charge >= 0.3 is 0 Å². The van der Waals surface area contributed by atoms with Crippen molar-refractivity contribution < 1.29 is 9.52 Å². The van der Waals surface area contributed by atoms with Crippen LogP contribution >= 0.6 is 15.9 Å². The van der Waals surface area contributed by atoms with Crippen molar-refractivity contribution in [3.63, 3.8) is 0 Å². The van der Waals surface area contributed by atoms with E-state index in [0.29, 0.717) is 0 Å². The first-order valence-electron chi connectivity index (χ1n) is 4.13. The van der Waals surface area contributed by atoms with Crippen LogP contribution in [0, 0.1) is 0 Å². The van der Waals surface area contributed by atoms with E-state index < -0.39 is 0 Å². The Bertz CT molecular complexity index is 270. The maximum atomic E-state index is 9.22. The van der Waals surface area contributed by atoms with Crippen molar-refractivity contribution >= 4 is 15.9 Å². The van der Waals surface area contributed by atoms with Crippen LogP contribution in [0.15, 0.2) is 21.2 Å². The average molecular weight is 231 g/mol. The summed E-state index contributed by atoms with van der Waals surface area (Å²) in [6.07, 6.45) is 3.28. The van der Waals surface area contributed by atoms with Gasteiger partial charge < -0.3 is 9.52 Å². The van der Waals surface area contributed by atoms with E-state index in [9.17, 15) is 5.11 Å². The molecule has 1 aromatic rings. The van der Waals surface area contributed by atoms with E-state index in [1.165, 1.54) is 6.42 Å². The third-order valence-electron chi connectivity index (χ3n) is 2.71. The predicted octanol–water partition coefficient (Wildman–Crippen LogP) is 2.46. The van der Waals surface area contributed by atoms with Crippen LogP contribution in [0.3, 0.4) is 0 Å². The van der Waals surface area contributed by atoms with E-state index in [1.54, 1.807) is 0 Å². The average Bonchev–Trinajstić information content (AvgIpc) is 2.35. The van der Waals surface area contributed by atoms with Crippen molar-refractivity contribution in [2.75, 3.05) is 6.61 Å². The topological polar surface area (TPSA) is 33.4 Å². The standard InChI is InChI=1S/C9H11BrO2/c10-8-3-2-7(12-8)9(6-11)4-1-5-9/h2-3,11H,1,4-6H2. The third kappa shape index (κ3) is 1.12. The van der Waals surface area contributed by atoms with Crippen molar-refractivity contribution in [1.29, 1.82) is 0 Å². The largest absolute Gasteiger partial charge is 0.454 e. The van der Waals surface area contributed by atoms with Crippen LogP contribution in [0.5, 0.6) is 0 Å². The summed E-state index contributed by atoms with van der Waals surface area (Å²) < 4.78 is 6.19. The summed E-state index contributed by atoms with van der Waals surface area (Å²) in [6.45, 7) is 0.201. The van der Waals surface area contributed by atoms with Gasteiger partial charge in [0.1, 0.15) is 5.76 Å². The molecular weight excluding hydrogens is 220 g/mol. The highest BCUT2D eigenvalue weighted by molar-refractivity contribution is 9.10. The van der Waals surface area contributed by atoms with Gasteiger partial charge in [0.25, 0.3) is 0 Å². The van der Waals surface area contributed by atoms with Crippen LogP contribution in [0.1, 0.15) is 25.0 Å². The molecule has 0 aliphatic heterocycles. The van der Waals surface area contributed by atoms with E-state index in [0.717, 1.165) is 23.3 Å². The summed E-state index contributed by atoms with van der Waals surface area (Å²) in [5.74, 6) is 0.920. The fourth-order valence-corrected chi connectivity index (χ4v) is 1.99. The van der Waals surface area contributed by atoms with Crippen LogP contribution in [-0.2, 0) is 5.41 Å². The Morgan fingerprint density at radius 3 is 2.58 bits per heavy atom. The van der Waals surface area contributed by atoms with Crippen LogP contribution in [-0.4, -0.2) is 11.7 Å². The Morgan fingerprint density at radius 2 is 2.25 bits per heavy atom. The maximum Gasteiger partial charge on any atom is 0.169 e. The Balaban J connectivity index is 2.27. The van der Waals surface area contributed by atoms with E-state index in [-0.39, 0.29) is 12.0 Å². The van der Waals surface area contributed by atoms with Crippen LogP contribution in [0.2, 0.25) is 0 Å². The molecule has 1 aromatic heterocycles. The molecule has 1 heterocycles. The molecule has 0 saturated heterocycles. The number of rotatable bonds is 2. The molecule has 66 valence electrons. The monoisotopic (exact) mass is 230 g/mol. The molecule has 1 saturated carbocycles. The zero-order valence-electron chi connectivity index (χ0n) is 6.72. The molecule has 0 radical (unpaired) electrons. The molecule has 2 rings (SSSR count). The van der Waals surface area contributed by atoms with Gasteiger partial charge in [0.15, 0.2) is 4.67 Å². The lowest BCUT2D eigenvalue weighted by Crippen LogP contribution is -2.37. The van der Waals surface area contributed by atoms with Crippen molar-refractivity contribution in [2.45, 2.75) is 24.7 Å². The highest BCUT2D eigenvalue weighted by atomic mass is 79.9. The number of aliphatic hydroxyl groups is 1. The Morgan fingerprint density at radius 1 is 1.50 bits per heavy atom. The molecule has 0 unspecified atom stereocenters. The normalized spacial score (nSPS) is 20.5. The number of furan rings is 1. The van der Waals surface area contributed by atoms with Gasteiger partial charge in [-0.25, -0.2) is 0 Å². The van der Waals surface area contributed by atoms with Crippen molar-refractivity contribution in [1.82, 2.24) is 0 Å². The molecule has 12 heavy (non-hydrogen) atoms. The van der Waals surface area contributed by atoms with Crippen molar-refractivity contribution in [2.24, 2.45) is 0 Å². The number of halogens is 1. The van der Waals surface area contributed by atoms with Gasteiger partial charge in [-0.05, 0) is 40.9 Å². The Kier molecular flexibility index (Phi) is 2.00. The van der Waals surface area contributed by atoms with Crippen molar-refractivity contribution in [3.8, 4) is 0 Å². The molecule has 0 aromatic carbocycles. The SMILES string of the molecule is OCC1(c2ccc(Br)o2)CCC1. The first kappa shape index (κ1) is 8.32. The Hall–Kier alpha value is -0.280. The second-order valence-corrected chi connectivity index (χ2v) is 4.18. The second kappa shape index (κ2) is 2.89. The van der Waals surface area contributed by atoms with Gasteiger partial charge in [0.2, 0.25) is 0 Å². The fourth-order valence-electron chi connectivity index (χ4n) is 1.69. The van der Waals surface area contributed by atoms with Gasteiger partial charge in [0.05, 0.1) is 12.0 Å². The van der Waals surface area contributed by atoms with E-state index in [1.807, 2.05) is 12.1 Å². The number of hydrogen-bond acceptors (Lipinski definition) is 2. The first-order chi connectivity index (χ1) is 5.77. The summed E-state index contributed by atoms with van der Waals surface area (Å²) in [5.41, 5.74) is -0.0635. The smallest absolute Gasteiger partial charge is 0.169 e. The molecule has 1 aliphatic carbocycles. The minimum atomic E-state index is -0.0635. The molecule has 0 amide bonds. The molecule has 0 bridgehead atoms. The lowest BCUT2D eigenvalue weighted by atomic mass is 9.68. The van der Waals surface area contributed by atoms with E-state index >= 15 is 0 Å². The minimum absolute atomic E-state index is 0.0635. The van der Waals surface area contributed by atoms with Gasteiger partial charge in [-0.1, -0.05) is 6.42 Å². The third-order valence-corrected chi connectivity index (χ3v) is 3.14. The van der Waals surface area contributed by atoms with Crippen LogP contribution < -0.4 is 0 Å². The van der Waals surface area contributed by atoms with Gasteiger partial charge in [0, 0.05) is 0 Å². The highest BCUT2D eigenvalue weighted by Gasteiger charge is 2.40. The molecule has 1 N–H and O–H groups in total. The first-order valence-corrected chi connectivity index (χ1v) is 4.93. The summed E-state index contributed by atoms with van der Waals surface area (Å²) >= 11 is 3.26. The summed E-state index contributed by atoms with van der Waals surface area (Å²) in [7, 11) is 0. The molecule has 3 heteroatoms. The summed E-state index contributed by atoms with van der Waals surface area (Å²) in [5, 5.41) is 9.22. The van der Waals surface area contributed by atoms with Gasteiger partial charge in [-0.15, -0.1) is 0 Å². The lowest BCUT2D eigenvalue weighted by Gasteiger charge is -2.38. The number of hydrogen-bond donors (Lipinski definition) is 1. The minimum Gasteiger partial charge on any atom is -0.454 e. The summed E-state index contributed by atoms with van der Waals surface area (Å²) in [6, 6.07) is 3.82. The Labute approximate surface area is 79.7 Å². The number of aliphatic hydroxyl groups excluding tert-OH is 1. The fraction of sp³-hybridized carbons (Fsp3) is 0.556. The maximum absolute atomic E-state index is 9.22. The molecule has 0 spiro atoms. The lowest BCUT2D eigenvalue weighted by molar-refractivity contribution is 0.0977. The zero-order chi connectivity index (χ0) is 8.60. The van der Waals surface area contributed by atoms with Gasteiger partial charge in [-0.3, -0.25) is 0 Å². The van der Waals surface area contributed by atoms with Crippen molar-refractivity contribution in [3.05, 3.63) is 22.6 Å². The summed E-state index contributed by atoms with van der Waals surface area (Å²) in [4.78, 5) is 0. The predicted molar refractivity (Wildman–Crippen MR) is 49.0 cm³/mol. The van der Waals surface area contributed by atoms with E-state index in [4.69, 9.17) is 4.42 Å². The van der Waals surface area contributed by atoms with E-state index in [2.05, 4.69) is 15.9 Å². The molecule has 2 nitrogen and oxygen atoms in total.